The summed E-state index contributed by atoms with van der Waals surface area (Å²) in [5, 5.41) is 4.84. The lowest BCUT2D eigenvalue weighted by Gasteiger charge is -2.06. The van der Waals surface area contributed by atoms with Gasteiger partial charge >= 0.3 is 0 Å². The van der Waals surface area contributed by atoms with Crippen LogP contribution in [-0.4, -0.2) is 10.9 Å². The van der Waals surface area contributed by atoms with Crippen molar-refractivity contribution in [2.24, 2.45) is 0 Å². The topological polar surface area (TPSA) is 42.0 Å². The molecule has 0 aliphatic carbocycles. The van der Waals surface area contributed by atoms with E-state index in [0.717, 1.165) is 16.5 Å². The summed E-state index contributed by atoms with van der Waals surface area (Å²) in [6, 6.07) is 14.6. The molecule has 1 heterocycles. The lowest BCUT2D eigenvalue weighted by Crippen LogP contribution is -2.08. The van der Waals surface area contributed by atoms with Crippen LogP contribution >= 0.6 is 23.2 Å². The number of nitrogens with one attached hydrogen (secondary N) is 1. The van der Waals surface area contributed by atoms with Crippen molar-refractivity contribution in [2.45, 2.75) is 0 Å². The van der Waals surface area contributed by atoms with Gasteiger partial charge in [0.15, 0.2) is 0 Å². The Morgan fingerprint density at radius 1 is 1.09 bits per heavy atom. The largest absolute Gasteiger partial charge is 0.321 e. The van der Waals surface area contributed by atoms with E-state index in [0.29, 0.717) is 15.7 Å². The number of benzene rings is 2. The van der Waals surface area contributed by atoms with Crippen LogP contribution in [0.25, 0.3) is 17.0 Å². The van der Waals surface area contributed by atoms with E-state index in [1.807, 2.05) is 30.3 Å². The molecule has 1 aromatic heterocycles. The molecule has 0 spiro atoms. The van der Waals surface area contributed by atoms with Crippen LogP contribution in [0.1, 0.15) is 5.56 Å². The van der Waals surface area contributed by atoms with Crippen LogP contribution in [0, 0.1) is 0 Å². The Hall–Kier alpha value is -2.36. The number of pyridine rings is 1. The van der Waals surface area contributed by atoms with Crippen LogP contribution in [0.5, 0.6) is 0 Å². The number of hydrogen-bond donors (Lipinski definition) is 1. The molecule has 0 atom stereocenters. The summed E-state index contributed by atoms with van der Waals surface area (Å²) in [5.41, 5.74) is 2.14. The zero-order chi connectivity index (χ0) is 16.2. The van der Waals surface area contributed by atoms with Gasteiger partial charge < -0.3 is 5.32 Å². The second-order valence-corrected chi connectivity index (χ2v) is 5.71. The Balaban J connectivity index is 1.80. The van der Waals surface area contributed by atoms with Crippen LogP contribution in [0.4, 0.5) is 5.69 Å². The Morgan fingerprint density at radius 2 is 1.91 bits per heavy atom. The van der Waals surface area contributed by atoms with Crippen molar-refractivity contribution in [3.8, 4) is 0 Å². The molecular formula is C18H12Cl2N2O. The van der Waals surface area contributed by atoms with Gasteiger partial charge in [0.2, 0.25) is 5.91 Å². The minimum Gasteiger partial charge on any atom is -0.321 e. The van der Waals surface area contributed by atoms with Crippen molar-refractivity contribution in [3.05, 3.63) is 76.4 Å². The van der Waals surface area contributed by atoms with Gasteiger partial charge in [-0.3, -0.25) is 9.78 Å². The highest BCUT2D eigenvalue weighted by molar-refractivity contribution is 6.35. The van der Waals surface area contributed by atoms with Gasteiger partial charge in [-0.15, -0.1) is 0 Å². The van der Waals surface area contributed by atoms with Crippen molar-refractivity contribution in [2.75, 3.05) is 5.32 Å². The van der Waals surface area contributed by atoms with E-state index in [4.69, 9.17) is 23.2 Å². The molecule has 0 saturated carbocycles. The van der Waals surface area contributed by atoms with E-state index < -0.39 is 0 Å². The van der Waals surface area contributed by atoms with Gasteiger partial charge in [0.05, 0.1) is 11.2 Å². The van der Waals surface area contributed by atoms with E-state index in [2.05, 4.69) is 10.3 Å². The van der Waals surface area contributed by atoms with Gasteiger partial charge in [0, 0.05) is 27.7 Å². The van der Waals surface area contributed by atoms with E-state index in [-0.39, 0.29) is 5.91 Å². The number of amides is 1. The lowest BCUT2D eigenvalue weighted by atomic mass is 10.2. The van der Waals surface area contributed by atoms with Crippen LogP contribution in [0.3, 0.4) is 0 Å². The Labute approximate surface area is 143 Å². The average Bonchev–Trinajstić information content (AvgIpc) is 2.54. The number of nitrogens with zero attached hydrogens (tertiary/aromatic N) is 1. The normalized spacial score (nSPS) is 11.0. The molecule has 114 valence electrons. The summed E-state index contributed by atoms with van der Waals surface area (Å²) in [5.74, 6) is -0.255. The highest BCUT2D eigenvalue weighted by Crippen LogP contribution is 2.23. The number of halogens is 2. The van der Waals surface area contributed by atoms with E-state index in [9.17, 15) is 4.79 Å². The summed E-state index contributed by atoms with van der Waals surface area (Å²) in [6.07, 6.45) is 4.77. The first kappa shape index (κ1) is 15.5. The fraction of sp³-hybridized carbons (Fsp3) is 0. The van der Waals surface area contributed by atoms with Crippen molar-refractivity contribution in [1.82, 2.24) is 4.98 Å². The SMILES string of the molecule is O=C(C=Cc1ccc(Cl)cc1Cl)Nc1cccc2cccnc12. The second kappa shape index (κ2) is 6.82. The minimum absolute atomic E-state index is 0.255. The third kappa shape index (κ3) is 3.70. The fourth-order valence-electron chi connectivity index (χ4n) is 2.18. The third-order valence-electron chi connectivity index (χ3n) is 3.27. The van der Waals surface area contributed by atoms with Crippen molar-refractivity contribution in [1.29, 1.82) is 0 Å². The molecule has 0 fully saturated rings. The van der Waals surface area contributed by atoms with Crippen molar-refractivity contribution in [3.63, 3.8) is 0 Å². The molecule has 1 amide bonds. The maximum atomic E-state index is 12.1. The number of rotatable bonds is 3. The maximum Gasteiger partial charge on any atom is 0.248 e. The van der Waals surface area contributed by atoms with Gasteiger partial charge in [-0.25, -0.2) is 0 Å². The number of carbonyl (C=O) groups is 1. The van der Waals surface area contributed by atoms with Gasteiger partial charge in [-0.05, 0) is 35.9 Å². The molecule has 0 saturated heterocycles. The monoisotopic (exact) mass is 342 g/mol. The van der Waals surface area contributed by atoms with Crippen molar-refractivity contribution >= 4 is 51.8 Å². The maximum absolute atomic E-state index is 12.1. The number of anilines is 1. The first-order valence-corrected chi connectivity index (χ1v) is 7.67. The molecule has 2 aromatic carbocycles. The predicted molar refractivity (Wildman–Crippen MR) is 95.9 cm³/mol. The third-order valence-corrected chi connectivity index (χ3v) is 3.83. The zero-order valence-electron chi connectivity index (χ0n) is 12.0. The molecule has 5 heteroatoms. The first-order valence-electron chi connectivity index (χ1n) is 6.91. The molecule has 0 unspecified atom stereocenters. The van der Waals surface area contributed by atoms with Crippen LogP contribution in [0.2, 0.25) is 10.0 Å². The smallest absolute Gasteiger partial charge is 0.248 e. The van der Waals surface area contributed by atoms with Crippen molar-refractivity contribution < 1.29 is 4.79 Å². The van der Waals surface area contributed by atoms with Crippen LogP contribution in [0.15, 0.2) is 60.8 Å². The molecule has 3 nitrogen and oxygen atoms in total. The summed E-state index contributed by atoms with van der Waals surface area (Å²) < 4.78 is 0. The number of fused-ring (bicyclic) bond motifs is 1. The van der Waals surface area contributed by atoms with Gasteiger partial charge in [-0.1, -0.05) is 47.5 Å². The van der Waals surface area contributed by atoms with E-state index in [1.165, 1.54) is 6.08 Å². The number of hydrogen-bond acceptors (Lipinski definition) is 2. The summed E-state index contributed by atoms with van der Waals surface area (Å²) >= 11 is 11.9. The van der Waals surface area contributed by atoms with Gasteiger partial charge in [0.1, 0.15) is 0 Å². The fourth-order valence-corrected chi connectivity index (χ4v) is 2.65. The van der Waals surface area contributed by atoms with E-state index in [1.54, 1.807) is 30.5 Å². The summed E-state index contributed by atoms with van der Waals surface area (Å²) in [7, 11) is 0. The van der Waals surface area contributed by atoms with E-state index >= 15 is 0 Å². The highest BCUT2D eigenvalue weighted by Gasteiger charge is 2.04. The molecule has 23 heavy (non-hydrogen) atoms. The molecule has 3 rings (SSSR count). The average molecular weight is 343 g/mol. The Kier molecular flexibility index (Phi) is 4.60. The number of carbonyl (C=O) groups excluding carboxylic acids is 1. The molecule has 0 aliphatic heterocycles. The lowest BCUT2D eigenvalue weighted by molar-refractivity contribution is -0.111. The number of aromatic nitrogens is 1. The minimum atomic E-state index is -0.255. The summed E-state index contributed by atoms with van der Waals surface area (Å²) in [4.78, 5) is 16.4. The Morgan fingerprint density at radius 3 is 2.74 bits per heavy atom. The quantitative estimate of drug-likeness (QED) is 0.665. The van der Waals surface area contributed by atoms with Crippen LogP contribution in [-0.2, 0) is 4.79 Å². The molecular weight excluding hydrogens is 331 g/mol. The number of para-hydroxylation sites is 1. The molecule has 3 aromatic rings. The zero-order valence-corrected chi connectivity index (χ0v) is 13.5. The highest BCUT2D eigenvalue weighted by atomic mass is 35.5. The van der Waals surface area contributed by atoms with Gasteiger partial charge in [0.25, 0.3) is 0 Å². The molecule has 0 radical (unpaired) electrons. The molecule has 1 N–H and O–H groups in total. The molecule has 0 aliphatic rings. The van der Waals surface area contributed by atoms with Crippen LogP contribution < -0.4 is 5.32 Å². The summed E-state index contributed by atoms with van der Waals surface area (Å²) in [6.45, 7) is 0. The van der Waals surface area contributed by atoms with Gasteiger partial charge in [-0.2, -0.15) is 0 Å². The second-order valence-electron chi connectivity index (χ2n) is 4.87. The first-order chi connectivity index (χ1) is 11.1. The standard InChI is InChI=1S/C18H12Cl2N2O/c19-14-8-6-12(15(20)11-14)7-9-17(23)22-16-5-1-3-13-4-2-10-21-18(13)16/h1-11H,(H,22,23). The Bertz CT molecular complexity index is 901. The molecule has 0 bridgehead atoms. The predicted octanol–water partition coefficient (Wildman–Crippen LogP) is 5.19.